The molecule has 2 heterocycles. The molecule has 0 radical (unpaired) electrons. The molecule has 2 aliphatic heterocycles. The van der Waals surface area contributed by atoms with Crippen molar-refractivity contribution in [2.45, 2.75) is 95.0 Å². The van der Waals surface area contributed by atoms with E-state index in [1.807, 2.05) is 7.05 Å². The number of hydrogen-bond acceptors (Lipinski definition) is 3. The van der Waals surface area contributed by atoms with Gasteiger partial charge in [-0.05, 0) is 44.9 Å². The number of ether oxygens (including phenoxy) is 2. The van der Waals surface area contributed by atoms with E-state index in [0.29, 0.717) is 24.4 Å². The Labute approximate surface area is 170 Å². The molecule has 3 rings (SSSR count). The number of rotatable bonds is 7. The van der Waals surface area contributed by atoms with Crippen molar-refractivity contribution in [1.29, 1.82) is 0 Å². The predicted octanol–water partition coefficient (Wildman–Crippen LogP) is 3.61. The summed E-state index contributed by atoms with van der Waals surface area (Å²) in [4.78, 5) is 4.34. The molecule has 0 aromatic rings. The molecule has 0 spiro atoms. The van der Waals surface area contributed by atoms with Crippen molar-refractivity contribution in [3.05, 3.63) is 0 Å². The Hall–Kier alpha value is -0.0800. The van der Waals surface area contributed by atoms with Gasteiger partial charge >= 0.3 is 0 Å². The maximum absolute atomic E-state index is 6.05. The molecule has 2 N–H and O–H groups in total. The van der Waals surface area contributed by atoms with Crippen LogP contribution in [0.3, 0.4) is 0 Å². The minimum absolute atomic E-state index is 0. The van der Waals surface area contributed by atoms with Gasteiger partial charge in [-0.25, -0.2) is 0 Å². The van der Waals surface area contributed by atoms with Crippen LogP contribution in [-0.2, 0) is 9.47 Å². The Balaban J connectivity index is 0.00000225. The van der Waals surface area contributed by atoms with Crippen molar-refractivity contribution in [3.63, 3.8) is 0 Å². The van der Waals surface area contributed by atoms with Crippen molar-refractivity contribution < 1.29 is 9.47 Å². The summed E-state index contributed by atoms with van der Waals surface area (Å²) in [5.74, 6) is 0.917. The molecule has 3 fully saturated rings. The molecule has 3 atom stereocenters. The lowest BCUT2D eigenvalue weighted by Crippen LogP contribution is -2.47. The molecule has 1 aliphatic carbocycles. The summed E-state index contributed by atoms with van der Waals surface area (Å²) in [5, 5.41) is 6.96. The molecular formula is C19H36IN3O2. The Morgan fingerprint density at radius 3 is 2.52 bits per heavy atom. The second-order valence-electron chi connectivity index (χ2n) is 7.55. The van der Waals surface area contributed by atoms with Crippen LogP contribution in [0.1, 0.15) is 70.6 Å². The van der Waals surface area contributed by atoms with Gasteiger partial charge in [0, 0.05) is 20.2 Å². The minimum atomic E-state index is 0. The molecule has 6 heteroatoms. The van der Waals surface area contributed by atoms with Crippen molar-refractivity contribution in [3.8, 4) is 0 Å². The number of nitrogens with zero attached hydrogens (tertiary/aromatic N) is 1. The second kappa shape index (κ2) is 11.6. The highest BCUT2D eigenvalue weighted by Crippen LogP contribution is 2.34. The average molecular weight is 465 g/mol. The number of nitrogens with one attached hydrogen (secondary N) is 2. The third kappa shape index (κ3) is 6.86. The van der Waals surface area contributed by atoms with Crippen LogP contribution < -0.4 is 10.6 Å². The molecule has 5 nitrogen and oxygen atoms in total. The predicted molar refractivity (Wildman–Crippen MR) is 113 cm³/mol. The zero-order valence-corrected chi connectivity index (χ0v) is 18.0. The summed E-state index contributed by atoms with van der Waals surface area (Å²) >= 11 is 0. The summed E-state index contributed by atoms with van der Waals surface area (Å²) < 4.78 is 11.9. The van der Waals surface area contributed by atoms with E-state index in [-0.39, 0.29) is 24.0 Å². The normalized spacial score (nSPS) is 30.0. The fraction of sp³-hybridized carbons (Fsp3) is 0.947. The molecule has 3 unspecified atom stereocenters. The Morgan fingerprint density at radius 2 is 1.88 bits per heavy atom. The van der Waals surface area contributed by atoms with Crippen molar-refractivity contribution >= 4 is 29.9 Å². The van der Waals surface area contributed by atoms with Crippen LogP contribution in [0.2, 0.25) is 0 Å². The van der Waals surface area contributed by atoms with Crippen molar-refractivity contribution in [2.75, 3.05) is 20.2 Å². The van der Waals surface area contributed by atoms with Crippen LogP contribution in [0.5, 0.6) is 0 Å². The number of halogens is 1. The summed E-state index contributed by atoms with van der Waals surface area (Å²) in [6.07, 6.45) is 15.2. The molecule has 2 bridgehead atoms. The molecule has 146 valence electrons. The number of hydrogen-bond donors (Lipinski definition) is 2. The molecule has 0 aromatic carbocycles. The maximum atomic E-state index is 6.05. The van der Waals surface area contributed by atoms with Gasteiger partial charge in [-0.15, -0.1) is 24.0 Å². The Morgan fingerprint density at radius 1 is 1.08 bits per heavy atom. The van der Waals surface area contributed by atoms with Gasteiger partial charge in [-0.2, -0.15) is 0 Å². The molecule has 0 amide bonds. The van der Waals surface area contributed by atoms with Gasteiger partial charge < -0.3 is 20.1 Å². The Kier molecular flexibility index (Phi) is 9.84. The van der Waals surface area contributed by atoms with Crippen LogP contribution in [0.25, 0.3) is 0 Å². The Bertz CT molecular complexity index is 400. The van der Waals surface area contributed by atoms with Crippen molar-refractivity contribution in [1.82, 2.24) is 10.6 Å². The summed E-state index contributed by atoms with van der Waals surface area (Å²) in [5.41, 5.74) is 0. The smallest absolute Gasteiger partial charge is 0.191 e. The molecule has 1 saturated carbocycles. The monoisotopic (exact) mass is 465 g/mol. The lowest BCUT2D eigenvalue weighted by molar-refractivity contribution is 0.0411. The molecule has 0 aromatic heterocycles. The lowest BCUT2D eigenvalue weighted by atomic mass is 9.96. The van der Waals surface area contributed by atoms with E-state index in [9.17, 15) is 0 Å². The summed E-state index contributed by atoms with van der Waals surface area (Å²) in [7, 11) is 1.85. The number of guanidine groups is 1. The van der Waals surface area contributed by atoms with E-state index >= 15 is 0 Å². The fourth-order valence-electron chi connectivity index (χ4n) is 4.25. The first-order valence-corrected chi connectivity index (χ1v) is 10.1. The van der Waals surface area contributed by atoms with Crippen LogP contribution in [0.15, 0.2) is 4.99 Å². The van der Waals surface area contributed by atoms with Crippen LogP contribution >= 0.6 is 24.0 Å². The van der Waals surface area contributed by atoms with Crippen LogP contribution in [0.4, 0.5) is 0 Å². The SMILES string of the molecule is CN=C(NCCCCOC1CCCCCC1)NC1CC2CCC1O2.I. The minimum Gasteiger partial charge on any atom is -0.378 e. The van der Waals surface area contributed by atoms with E-state index in [0.717, 1.165) is 38.4 Å². The first-order chi connectivity index (χ1) is 11.8. The quantitative estimate of drug-likeness (QED) is 0.198. The fourth-order valence-corrected chi connectivity index (χ4v) is 4.25. The first-order valence-electron chi connectivity index (χ1n) is 10.1. The number of unbranched alkanes of at least 4 members (excludes halogenated alkanes) is 1. The van der Waals surface area contributed by atoms with Gasteiger partial charge in [0.05, 0.1) is 24.4 Å². The average Bonchev–Trinajstić information content (AvgIpc) is 3.12. The third-order valence-electron chi connectivity index (χ3n) is 5.67. The highest BCUT2D eigenvalue weighted by atomic mass is 127. The molecular weight excluding hydrogens is 429 g/mol. The largest absolute Gasteiger partial charge is 0.378 e. The van der Waals surface area contributed by atoms with Gasteiger partial charge in [0.2, 0.25) is 0 Å². The van der Waals surface area contributed by atoms with Crippen molar-refractivity contribution in [2.24, 2.45) is 4.99 Å². The van der Waals surface area contributed by atoms with Crippen LogP contribution in [-0.4, -0.2) is 50.5 Å². The van der Waals surface area contributed by atoms with E-state index in [1.54, 1.807) is 0 Å². The van der Waals surface area contributed by atoms with Crippen LogP contribution in [0, 0.1) is 0 Å². The zero-order valence-electron chi connectivity index (χ0n) is 15.7. The molecule has 25 heavy (non-hydrogen) atoms. The van der Waals surface area contributed by atoms with E-state index in [1.165, 1.54) is 51.4 Å². The van der Waals surface area contributed by atoms with Gasteiger partial charge in [0.1, 0.15) is 0 Å². The zero-order chi connectivity index (χ0) is 16.6. The topological polar surface area (TPSA) is 54.9 Å². The summed E-state index contributed by atoms with van der Waals surface area (Å²) in [6.45, 7) is 1.86. The van der Waals surface area contributed by atoms with E-state index < -0.39 is 0 Å². The van der Waals surface area contributed by atoms with Gasteiger partial charge in [-0.1, -0.05) is 25.7 Å². The third-order valence-corrected chi connectivity index (χ3v) is 5.67. The van der Waals surface area contributed by atoms with Gasteiger partial charge in [0.15, 0.2) is 5.96 Å². The highest BCUT2D eigenvalue weighted by Gasteiger charge is 2.41. The van der Waals surface area contributed by atoms with E-state index in [2.05, 4.69) is 15.6 Å². The summed E-state index contributed by atoms with van der Waals surface area (Å²) in [6, 6.07) is 0.438. The van der Waals surface area contributed by atoms with E-state index in [4.69, 9.17) is 9.47 Å². The number of aliphatic imine (C=N–C) groups is 1. The first kappa shape index (κ1) is 21.2. The lowest BCUT2D eigenvalue weighted by Gasteiger charge is -2.22. The number of fused-ring (bicyclic) bond motifs is 2. The second-order valence-corrected chi connectivity index (χ2v) is 7.55. The maximum Gasteiger partial charge on any atom is 0.191 e. The van der Waals surface area contributed by atoms with Gasteiger partial charge in [0.25, 0.3) is 0 Å². The molecule has 2 saturated heterocycles. The molecule has 3 aliphatic rings. The van der Waals surface area contributed by atoms with Gasteiger partial charge in [-0.3, -0.25) is 4.99 Å². The standard InChI is InChI=1S/C19H35N3O2.HI/c1-20-19(22-17-14-16-10-11-18(17)24-16)21-12-6-7-13-23-15-8-4-2-3-5-9-15;/h15-18H,2-14H2,1H3,(H2,20,21,22);1H. The highest BCUT2D eigenvalue weighted by molar-refractivity contribution is 14.0.